The molecule has 0 radical (unpaired) electrons. The summed E-state index contributed by atoms with van der Waals surface area (Å²) in [6, 6.07) is 8.31. The van der Waals surface area contributed by atoms with Crippen LogP contribution in [0.3, 0.4) is 0 Å². The summed E-state index contributed by atoms with van der Waals surface area (Å²) in [4.78, 5) is 0. The minimum Gasteiger partial charge on any atom is -0.382 e. The average Bonchev–Trinajstić information content (AvgIpc) is 2.40. The Labute approximate surface area is 121 Å². The van der Waals surface area contributed by atoms with Gasteiger partial charge in [-0.2, -0.15) is 0 Å². The summed E-state index contributed by atoms with van der Waals surface area (Å²) in [5, 5.41) is 4.29. The third kappa shape index (κ3) is 7.53. The minimum absolute atomic E-state index is 0.315. The van der Waals surface area contributed by atoms with Gasteiger partial charge in [-0.25, -0.2) is 0 Å². The van der Waals surface area contributed by atoms with Crippen LogP contribution >= 0.6 is 11.6 Å². The van der Waals surface area contributed by atoms with Gasteiger partial charge in [0.05, 0.1) is 19.8 Å². The number of ether oxygens (including phenoxy) is 2. The SMILES string of the molecule is CCCNC(COCCOC)Cc1cccc(Cl)c1. The Bertz CT molecular complexity index is 347. The maximum absolute atomic E-state index is 6.01. The van der Waals surface area contributed by atoms with E-state index < -0.39 is 0 Å². The van der Waals surface area contributed by atoms with Gasteiger partial charge in [0.25, 0.3) is 0 Å². The molecule has 108 valence electrons. The van der Waals surface area contributed by atoms with Gasteiger partial charge in [-0.05, 0) is 37.1 Å². The van der Waals surface area contributed by atoms with E-state index in [4.69, 9.17) is 21.1 Å². The molecular formula is C15H24ClNO2. The van der Waals surface area contributed by atoms with Crippen LogP contribution in [-0.2, 0) is 15.9 Å². The molecule has 0 amide bonds. The molecule has 1 atom stereocenters. The number of rotatable bonds is 10. The van der Waals surface area contributed by atoms with Gasteiger partial charge in [0.1, 0.15) is 0 Å². The molecule has 1 N–H and O–H groups in total. The van der Waals surface area contributed by atoms with Gasteiger partial charge in [-0.15, -0.1) is 0 Å². The van der Waals surface area contributed by atoms with E-state index in [1.54, 1.807) is 7.11 Å². The standard InChI is InChI=1S/C15H24ClNO2/c1-3-7-17-15(12-19-9-8-18-2)11-13-5-4-6-14(16)10-13/h4-6,10,15,17H,3,7-9,11-12H2,1-2H3. The average molecular weight is 286 g/mol. The molecule has 0 aromatic heterocycles. The molecule has 0 aliphatic heterocycles. The van der Waals surface area contributed by atoms with Crippen molar-refractivity contribution < 1.29 is 9.47 Å². The monoisotopic (exact) mass is 285 g/mol. The van der Waals surface area contributed by atoms with Crippen LogP contribution in [0.1, 0.15) is 18.9 Å². The number of nitrogens with one attached hydrogen (secondary N) is 1. The van der Waals surface area contributed by atoms with Crippen LogP contribution in [0.4, 0.5) is 0 Å². The molecule has 1 aromatic rings. The first-order valence-electron chi connectivity index (χ1n) is 6.80. The fourth-order valence-electron chi connectivity index (χ4n) is 1.85. The van der Waals surface area contributed by atoms with Crippen LogP contribution in [0, 0.1) is 0 Å². The molecule has 19 heavy (non-hydrogen) atoms. The number of hydrogen-bond acceptors (Lipinski definition) is 3. The third-order valence-corrected chi connectivity index (χ3v) is 3.04. The first-order chi connectivity index (χ1) is 9.26. The number of halogens is 1. The second-order valence-corrected chi connectivity index (χ2v) is 4.99. The Morgan fingerprint density at radius 3 is 2.84 bits per heavy atom. The highest BCUT2D eigenvalue weighted by molar-refractivity contribution is 6.30. The molecule has 1 unspecified atom stereocenters. The van der Waals surface area contributed by atoms with E-state index in [-0.39, 0.29) is 0 Å². The summed E-state index contributed by atoms with van der Waals surface area (Å²) in [7, 11) is 1.68. The number of hydrogen-bond donors (Lipinski definition) is 1. The Balaban J connectivity index is 2.43. The maximum atomic E-state index is 6.01. The van der Waals surface area contributed by atoms with Crippen molar-refractivity contribution in [2.75, 3.05) is 33.5 Å². The molecule has 1 rings (SSSR count). The molecule has 0 spiro atoms. The highest BCUT2D eigenvalue weighted by Crippen LogP contribution is 2.12. The van der Waals surface area contributed by atoms with E-state index in [9.17, 15) is 0 Å². The molecule has 0 aliphatic carbocycles. The lowest BCUT2D eigenvalue weighted by Gasteiger charge is -2.19. The quantitative estimate of drug-likeness (QED) is 0.671. The van der Waals surface area contributed by atoms with E-state index in [0.29, 0.717) is 25.9 Å². The molecule has 0 bridgehead atoms. The van der Waals surface area contributed by atoms with Gasteiger partial charge in [0, 0.05) is 18.2 Å². The predicted octanol–water partition coefficient (Wildman–Crippen LogP) is 2.91. The second kappa shape index (κ2) is 10.2. The first-order valence-corrected chi connectivity index (χ1v) is 7.18. The fourth-order valence-corrected chi connectivity index (χ4v) is 2.07. The van der Waals surface area contributed by atoms with Crippen molar-refractivity contribution in [1.82, 2.24) is 5.32 Å². The predicted molar refractivity (Wildman–Crippen MR) is 79.9 cm³/mol. The zero-order valence-corrected chi connectivity index (χ0v) is 12.6. The molecule has 1 aromatic carbocycles. The Kier molecular flexibility index (Phi) is 8.84. The summed E-state index contributed by atoms with van der Waals surface area (Å²) in [6.45, 7) is 5.12. The lowest BCUT2D eigenvalue weighted by molar-refractivity contribution is 0.0587. The van der Waals surface area contributed by atoms with E-state index in [2.05, 4.69) is 18.3 Å². The van der Waals surface area contributed by atoms with Gasteiger partial charge in [-0.3, -0.25) is 0 Å². The largest absolute Gasteiger partial charge is 0.382 e. The molecule has 3 nitrogen and oxygen atoms in total. The van der Waals surface area contributed by atoms with Crippen molar-refractivity contribution in [1.29, 1.82) is 0 Å². The summed E-state index contributed by atoms with van der Waals surface area (Å²) in [5.74, 6) is 0. The van der Waals surface area contributed by atoms with E-state index >= 15 is 0 Å². The zero-order chi connectivity index (χ0) is 13.9. The van der Waals surface area contributed by atoms with Crippen LogP contribution in [0.2, 0.25) is 5.02 Å². The van der Waals surface area contributed by atoms with Gasteiger partial charge < -0.3 is 14.8 Å². The lowest BCUT2D eigenvalue weighted by atomic mass is 10.1. The molecule has 0 saturated heterocycles. The molecule has 0 saturated carbocycles. The smallest absolute Gasteiger partial charge is 0.0701 e. The summed E-state index contributed by atoms with van der Waals surface area (Å²) in [5.41, 5.74) is 1.23. The van der Waals surface area contributed by atoms with Crippen LogP contribution in [0.5, 0.6) is 0 Å². The summed E-state index contributed by atoms with van der Waals surface area (Å²) < 4.78 is 10.6. The topological polar surface area (TPSA) is 30.5 Å². The maximum Gasteiger partial charge on any atom is 0.0701 e. The van der Waals surface area contributed by atoms with Crippen molar-refractivity contribution in [3.05, 3.63) is 34.9 Å². The fraction of sp³-hybridized carbons (Fsp3) is 0.600. The Hall–Kier alpha value is -0.610. The molecular weight excluding hydrogens is 262 g/mol. The first kappa shape index (κ1) is 16.4. The number of methoxy groups -OCH3 is 1. The molecule has 0 aliphatic rings. The van der Waals surface area contributed by atoms with Crippen molar-refractivity contribution in [3.8, 4) is 0 Å². The lowest BCUT2D eigenvalue weighted by Crippen LogP contribution is -2.36. The van der Waals surface area contributed by atoms with Crippen LogP contribution in [0.15, 0.2) is 24.3 Å². The zero-order valence-electron chi connectivity index (χ0n) is 11.8. The van der Waals surface area contributed by atoms with Crippen molar-refractivity contribution in [2.24, 2.45) is 0 Å². The molecule has 0 fully saturated rings. The second-order valence-electron chi connectivity index (χ2n) is 4.55. The van der Waals surface area contributed by atoms with Crippen LogP contribution in [-0.4, -0.2) is 39.5 Å². The summed E-state index contributed by atoms with van der Waals surface area (Å²) >= 11 is 6.01. The Morgan fingerprint density at radius 2 is 2.16 bits per heavy atom. The van der Waals surface area contributed by atoms with Crippen molar-refractivity contribution in [3.63, 3.8) is 0 Å². The van der Waals surface area contributed by atoms with Gasteiger partial charge in [0.2, 0.25) is 0 Å². The van der Waals surface area contributed by atoms with Crippen molar-refractivity contribution >= 4 is 11.6 Å². The van der Waals surface area contributed by atoms with E-state index in [1.807, 2.05) is 18.2 Å². The number of benzene rings is 1. The van der Waals surface area contributed by atoms with Gasteiger partial charge in [0.15, 0.2) is 0 Å². The normalized spacial score (nSPS) is 12.6. The summed E-state index contributed by atoms with van der Waals surface area (Å²) in [6.07, 6.45) is 2.04. The minimum atomic E-state index is 0.315. The van der Waals surface area contributed by atoms with Crippen molar-refractivity contribution in [2.45, 2.75) is 25.8 Å². The third-order valence-electron chi connectivity index (χ3n) is 2.80. The van der Waals surface area contributed by atoms with Gasteiger partial charge in [-0.1, -0.05) is 30.7 Å². The Morgan fingerprint density at radius 1 is 1.32 bits per heavy atom. The molecule has 0 heterocycles. The highest BCUT2D eigenvalue weighted by atomic mass is 35.5. The van der Waals surface area contributed by atoms with Gasteiger partial charge >= 0.3 is 0 Å². The van der Waals surface area contributed by atoms with Crippen LogP contribution in [0.25, 0.3) is 0 Å². The highest BCUT2D eigenvalue weighted by Gasteiger charge is 2.09. The van der Waals surface area contributed by atoms with Crippen LogP contribution < -0.4 is 5.32 Å². The van der Waals surface area contributed by atoms with E-state index in [1.165, 1.54) is 5.56 Å². The van der Waals surface area contributed by atoms with E-state index in [0.717, 1.165) is 24.4 Å². The molecule has 4 heteroatoms.